The Kier molecular flexibility index (Phi) is 6.18. The summed E-state index contributed by atoms with van der Waals surface area (Å²) in [7, 11) is 0. The van der Waals surface area contributed by atoms with Gasteiger partial charge in [0.05, 0.1) is 0 Å². The summed E-state index contributed by atoms with van der Waals surface area (Å²) in [6, 6.07) is 0. The molecule has 0 atom stereocenters. The number of allylic oxidation sites excluding steroid dienone is 4. The molecule has 0 heterocycles. The van der Waals surface area contributed by atoms with E-state index < -0.39 is 0 Å². The SMILES string of the molecule is C=C(C)/C=C\C(Br)=C/CCO. The predicted octanol–water partition coefficient (Wildman–Crippen LogP) is 2.78. The molecule has 1 nitrogen and oxygen atoms in total. The van der Waals surface area contributed by atoms with Gasteiger partial charge >= 0.3 is 0 Å². The summed E-state index contributed by atoms with van der Waals surface area (Å²) >= 11 is 3.33. The van der Waals surface area contributed by atoms with E-state index in [1.165, 1.54) is 0 Å². The molecule has 0 aromatic carbocycles. The van der Waals surface area contributed by atoms with Crippen LogP contribution in [0.2, 0.25) is 0 Å². The molecule has 0 aromatic heterocycles. The molecule has 0 aromatic rings. The van der Waals surface area contributed by atoms with Crippen molar-refractivity contribution in [2.75, 3.05) is 6.61 Å². The van der Waals surface area contributed by atoms with Crippen molar-refractivity contribution in [3.8, 4) is 0 Å². The second-order valence-corrected chi connectivity index (χ2v) is 3.20. The lowest BCUT2D eigenvalue weighted by atomic mass is 10.3. The Bertz CT molecular complexity index is 180. The first-order chi connectivity index (χ1) is 5.16. The van der Waals surface area contributed by atoms with E-state index in [1.54, 1.807) is 0 Å². The van der Waals surface area contributed by atoms with E-state index in [4.69, 9.17) is 5.11 Å². The molecule has 62 valence electrons. The maximum atomic E-state index is 8.49. The topological polar surface area (TPSA) is 20.2 Å². The highest BCUT2D eigenvalue weighted by Crippen LogP contribution is 2.08. The third-order valence-electron chi connectivity index (χ3n) is 0.996. The summed E-state index contributed by atoms with van der Waals surface area (Å²) in [6.45, 7) is 5.85. The van der Waals surface area contributed by atoms with Gasteiger partial charge < -0.3 is 5.11 Å². The zero-order chi connectivity index (χ0) is 8.69. The lowest BCUT2D eigenvalue weighted by Crippen LogP contribution is -1.76. The molecule has 2 heteroatoms. The summed E-state index contributed by atoms with van der Waals surface area (Å²) in [5.41, 5.74) is 1.01. The van der Waals surface area contributed by atoms with Crippen LogP contribution in [0.4, 0.5) is 0 Å². The van der Waals surface area contributed by atoms with Crippen molar-refractivity contribution in [3.63, 3.8) is 0 Å². The summed E-state index contributed by atoms with van der Waals surface area (Å²) in [5.74, 6) is 0. The highest BCUT2D eigenvalue weighted by atomic mass is 79.9. The van der Waals surface area contributed by atoms with Gasteiger partial charge in [0, 0.05) is 11.1 Å². The lowest BCUT2D eigenvalue weighted by Gasteiger charge is -1.89. The van der Waals surface area contributed by atoms with Crippen LogP contribution < -0.4 is 0 Å². The first-order valence-corrected chi connectivity index (χ1v) is 4.26. The van der Waals surface area contributed by atoms with Crippen LogP contribution in [0.15, 0.2) is 34.9 Å². The standard InChI is InChI=1S/C9H13BrO/c1-8(2)5-6-9(10)4-3-7-11/h4-6,11H,1,3,7H2,2H3/b6-5-,9-4+. The molecule has 0 radical (unpaired) electrons. The van der Waals surface area contributed by atoms with Gasteiger partial charge in [0.1, 0.15) is 0 Å². The third-order valence-corrected chi connectivity index (χ3v) is 1.58. The fraction of sp³-hybridized carbons (Fsp3) is 0.333. The Balaban J connectivity index is 3.84. The van der Waals surface area contributed by atoms with Gasteiger partial charge in [-0.1, -0.05) is 40.2 Å². The van der Waals surface area contributed by atoms with E-state index in [-0.39, 0.29) is 6.61 Å². The van der Waals surface area contributed by atoms with E-state index in [1.807, 2.05) is 25.2 Å². The van der Waals surface area contributed by atoms with Crippen LogP contribution in [0.5, 0.6) is 0 Å². The quantitative estimate of drug-likeness (QED) is 0.718. The molecule has 0 unspecified atom stereocenters. The van der Waals surface area contributed by atoms with Crippen molar-refractivity contribution < 1.29 is 5.11 Å². The molecule has 1 N–H and O–H groups in total. The van der Waals surface area contributed by atoms with Crippen LogP contribution in [0, 0.1) is 0 Å². The second-order valence-electron chi connectivity index (χ2n) is 2.28. The van der Waals surface area contributed by atoms with Gasteiger partial charge in [-0.3, -0.25) is 0 Å². The maximum absolute atomic E-state index is 8.49. The van der Waals surface area contributed by atoms with E-state index in [0.29, 0.717) is 6.42 Å². The van der Waals surface area contributed by atoms with Crippen LogP contribution >= 0.6 is 15.9 Å². The van der Waals surface area contributed by atoms with E-state index >= 15 is 0 Å². The number of aliphatic hydroxyl groups excluding tert-OH is 1. The number of hydrogen-bond acceptors (Lipinski definition) is 1. The summed E-state index contributed by atoms with van der Waals surface area (Å²) in [4.78, 5) is 0. The minimum absolute atomic E-state index is 0.190. The molecule has 0 saturated heterocycles. The van der Waals surface area contributed by atoms with Crippen molar-refractivity contribution in [2.45, 2.75) is 13.3 Å². The normalized spacial score (nSPS) is 12.5. The largest absolute Gasteiger partial charge is 0.396 e. The molecule has 0 saturated carbocycles. The minimum Gasteiger partial charge on any atom is -0.396 e. The average Bonchev–Trinajstić information content (AvgIpc) is 1.97. The van der Waals surface area contributed by atoms with Crippen molar-refractivity contribution in [1.82, 2.24) is 0 Å². The Morgan fingerprint density at radius 3 is 2.64 bits per heavy atom. The van der Waals surface area contributed by atoms with Gasteiger partial charge in [0.15, 0.2) is 0 Å². The average molecular weight is 217 g/mol. The van der Waals surface area contributed by atoms with Gasteiger partial charge in [-0.15, -0.1) is 0 Å². The first kappa shape index (κ1) is 10.7. The van der Waals surface area contributed by atoms with Gasteiger partial charge in [0.2, 0.25) is 0 Å². The van der Waals surface area contributed by atoms with Gasteiger partial charge in [0.25, 0.3) is 0 Å². The molecule has 0 fully saturated rings. The van der Waals surface area contributed by atoms with Crippen molar-refractivity contribution in [3.05, 3.63) is 34.9 Å². The summed E-state index contributed by atoms with van der Waals surface area (Å²) in [5, 5.41) is 8.49. The Labute approximate surface area is 76.3 Å². The monoisotopic (exact) mass is 216 g/mol. The second kappa shape index (κ2) is 6.38. The molecular formula is C9H13BrO. The van der Waals surface area contributed by atoms with Crippen LogP contribution in [0.3, 0.4) is 0 Å². The molecule has 0 amide bonds. The molecule has 0 aliphatic rings. The van der Waals surface area contributed by atoms with Gasteiger partial charge in [-0.05, 0) is 19.4 Å². The molecule has 0 rings (SSSR count). The first-order valence-electron chi connectivity index (χ1n) is 3.47. The maximum Gasteiger partial charge on any atom is 0.0466 e. The van der Waals surface area contributed by atoms with Crippen molar-refractivity contribution in [2.24, 2.45) is 0 Å². The van der Waals surface area contributed by atoms with Crippen LogP contribution in [-0.2, 0) is 0 Å². The number of hydrogen-bond donors (Lipinski definition) is 1. The predicted molar refractivity (Wildman–Crippen MR) is 52.7 cm³/mol. The van der Waals surface area contributed by atoms with Gasteiger partial charge in [-0.2, -0.15) is 0 Å². The zero-order valence-electron chi connectivity index (χ0n) is 6.68. The molecule has 0 aliphatic carbocycles. The van der Waals surface area contributed by atoms with E-state index in [2.05, 4.69) is 22.5 Å². The Morgan fingerprint density at radius 1 is 1.55 bits per heavy atom. The molecular weight excluding hydrogens is 204 g/mol. The summed E-state index contributed by atoms with van der Waals surface area (Å²) < 4.78 is 0.981. The smallest absolute Gasteiger partial charge is 0.0466 e. The fourth-order valence-corrected chi connectivity index (χ4v) is 0.853. The Morgan fingerprint density at radius 2 is 2.18 bits per heavy atom. The zero-order valence-corrected chi connectivity index (χ0v) is 8.26. The van der Waals surface area contributed by atoms with Crippen LogP contribution in [-0.4, -0.2) is 11.7 Å². The fourth-order valence-electron chi connectivity index (χ4n) is 0.492. The highest BCUT2D eigenvalue weighted by molar-refractivity contribution is 9.11. The lowest BCUT2D eigenvalue weighted by molar-refractivity contribution is 0.302. The van der Waals surface area contributed by atoms with Crippen molar-refractivity contribution >= 4 is 15.9 Å². The van der Waals surface area contributed by atoms with Crippen molar-refractivity contribution in [1.29, 1.82) is 0 Å². The minimum atomic E-state index is 0.190. The molecule has 0 spiro atoms. The third kappa shape index (κ3) is 7.56. The van der Waals surface area contributed by atoms with E-state index in [0.717, 1.165) is 10.1 Å². The van der Waals surface area contributed by atoms with Crippen LogP contribution in [0.25, 0.3) is 0 Å². The van der Waals surface area contributed by atoms with Crippen LogP contribution in [0.1, 0.15) is 13.3 Å². The van der Waals surface area contributed by atoms with Gasteiger partial charge in [-0.25, -0.2) is 0 Å². The molecule has 11 heavy (non-hydrogen) atoms. The molecule has 0 bridgehead atoms. The number of halogens is 1. The number of rotatable bonds is 4. The van der Waals surface area contributed by atoms with E-state index in [9.17, 15) is 0 Å². The molecule has 0 aliphatic heterocycles. The summed E-state index contributed by atoms with van der Waals surface area (Å²) in [6.07, 6.45) is 6.43. The Hall–Kier alpha value is -0.340. The number of aliphatic hydroxyl groups is 1. The highest BCUT2D eigenvalue weighted by Gasteiger charge is 1.82.